The molecule has 34 heavy (non-hydrogen) atoms. The molecule has 1 aliphatic carbocycles. The number of hydrogen-bond donors (Lipinski definition) is 1. The Morgan fingerprint density at radius 1 is 1.06 bits per heavy atom. The lowest BCUT2D eigenvalue weighted by Crippen LogP contribution is -2.44. The summed E-state index contributed by atoms with van der Waals surface area (Å²) in [6, 6.07) is 5.09. The van der Waals surface area contributed by atoms with Crippen LogP contribution in [0.1, 0.15) is 68.2 Å². The maximum absolute atomic E-state index is 12.6. The molecule has 3 amide bonds. The molecule has 2 heterocycles. The number of carbonyl (C=O) groups excluding carboxylic acids is 5. The number of amides is 3. The van der Waals surface area contributed by atoms with E-state index in [0.29, 0.717) is 10.6 Å². The summed E-state index contributed by atoms with van der Waals surface area (Å²) in [5.41, 5.74) is 1.71. The van der Waals surface area contributed by atoms with E-state index in [1.54, 1.807) is 19.1 Å². The van der Waals surface area contributed by atoms with E-state index in [1.165, 1.54) is 30.4 Å². The highest BCUT2D eigenvalue weighted by molar-refractivity contribution is 7.17. The van der Waals surface area contributed by atoms with Gasteiger partial charge < -0.3 is 14.8 Å². The first kappa shape index (κ1) is 23.6. The lowest BCUT2D eigenvalue weighted by molar-refractivity contribution is -0.150. The molecule has 1 aromatic heterocycles. The van der Waals surface area contributed by atoms with Crippen molar-refractivity contribution in [3.63, 3.8) is 0 Å². The van der Waals surface area contributed by atoms with Crippen molar-refractivity contribution in [1.82, 2.24) is 4.90 Å². The second kappa shape index (κ2) is 9.76. The molecule has 1 atom stereocenters. The van der Waals surface area contributed by atoms with Gasteiger partial charge in [0, 0.05) is 4.88 Å². The molecule has 0 saturated heterocycles. The van der Waals surface area contributed by atoms with Crippen molar-refractivity contribution < 1.29 is 33.4 Å². The molecule has 1 aliphatic heterocycles. The van der Waals surface area contributed by atoms with Crippen molar-refractivity contribution in [1.29, 1.82) is 0 Å². The Hall–Kier alpha value is -3.53. The zero-order valence-electron chi connectivity index (χ0n) is 18.8. The first-order valence-electron chi connectivity index (χ1n) is 11.1. The van der Waals surface area contributed by atoms with Crippen LogP contribution in [-0.4, -0.2) is 53.8 Å². The molecular weight excluding hydrogens is 460 g/mol. The van der Waals surface area contributed by atoms with Crippen molar-refractivity contribution in [2.45, 2.75) is 45.6 Å². The van der Waals surface area contributed by atoms with Crippen LogP contribution in [0.3, 0.4) is 0 Å². The topological polar surface area (TPSA) is 119 Å². The molecule has 0 fully saturated rings. The van der Waals surface area contributed by atoms with E-state index in [-0.39, 0.29) is 17.7 Å². The quantitative estimate of drug-likeness (QED) is 0.474. The molecule has 0 bridgehead atoms. The van der Waals surface area contributed by atoms with Gasteiger partial charge in [-0.05, 0) is 57.2 Å². The molecule has 2 aromatic rings. The fourth-order valence-electron chi connectivity index (χ4n) is 4.16. The van der Waals surface area contributed by atoms with Crippen LogP contribution in [0.4, 0.5) is 5.00 Å². The zero-order chi connectivity index (χ0) is 24.4. The Morgan fingerprint density at radius 3 is 2.35 bits per heavy atom. The van der Waals surface area contributed by atoms with Gasteiger partial charge in [0.2, 0.25) is 0 Å². The molecule has 9 nitrogen and oxygen atoms in total. The van der Waals surface area contributed by atoms with Crippen molar-refractivity contribution in [2.24, 2.45) is 0 Å². The lowest BCUT2D eigenvalue weighted by Gasteiger charge is -2.20. The Bertz CT molecular complexity index is 1150. The molecule has 4 rings (SSSR count). The third-order valence-electron chi connectivity index (χ3n) is 5.80. The summed E-state index contributed by atoms with van der Waals surface area (Å²) in [6.07, 6.45) is 3.53. The number of carbonyl (C=O) groups is 5. The number of benzene rings is 1. The molecule has 1 aromatic carbocycles. The molecule has 10 heteroatoms. The maximum Gasteiger partial charge on any atom is 0.341 e. The van der Waals surface area contributed by atoms with Crippen LogP contribution in [0, 0.1) is 0 Å². The van der Waals surface area contributed by atoms with Gasteiger partial charge in [0.1, 0.15) is 11.0 Å². The van der Waals surface area contributed by atoms with E-state index in [9.17, 15) is 24.0 Å². The molecule has 0 spiro atoms. The van der Waals surface area contributed by atoms with Gasteiger partial charge in [0.25, 0.3) is 17.7 Å². The highest BCUT2D eigenvalue weighted by Gasteiger charge is 2.41. The van der Waals surface area contributed by atoms with Gasteiger partial charge in [-0.3, -0.25) is 19.3 Å². The Kier molecular flexibility index (Phi) is 6.78. The summed E-state index contributed by atoms with van der Waals surface area (Å²) in [6.45, 7) is 2.67. The zero-order valence-corrected chi connectivity index (χ0v) is 19.7. The van der Waals surface area contributed by atoms with Crippen molar-refractivity contribution in [3.05, 3.63) is 51.4 Å². The summed E-state index contributed by atoms with van der Waals surface area (Å²) in [4.78, 5) is 64.6. The van der Waals surface area contributed by atoms with Gasteiger partial charge in [0.15, 0.2) is 6.61 Å². The largest absolute Gasteiger partial charge is 0.462 e. The molecule has 0 unspecified atom stereocenters. The third kappa shape index (κ3) is 4.33. The number of fused-ring (bicyclic) bond motifs is 2. The van der Waals surface area contributed by atoms with Gasteiger partial charge in [0.05, 0.1) is 23.3 Å². The summed E-state index contributed by atoms with van der Waals surface area (Å²) >= 11 is 1.33. The van der Waals surface area contributed by atoms with E-state index in [1.807, 2.05) is 0 Å². The standard InChI is InChI=1S/C24H24N2O7S/c1-3-32-24(31)19-16-10-6-7-11-17(16)34-20(19)25-18(27)12-33-23(30)13(2)26-21(28)14-8-4-5-9-15(14)22(26)29/h4-5,8-9,13H,3,6-7,10-12H2,1-2H3,(H,25,27)/t13-/m1/s1. The predicted molar refractivity (Wildman–Crippen MR) is 123 cm³/mol. The van der Waals surface area contributed by atoms with Gasteiger partial charge in [-0.1, -0.05) is 12.1 Å². The van der Waals surface area contributed by atoms with E-state index in [0.717, 1.165) is 41.0 Å². The van der Waals surface area contributed by atoms with Crippen LogP contribution in [-0.2, 0) is 31.9 Å². The highest BCUT2D eigenvalue weighted by atomic mass is 32.1. The minimum atomic E-state index is -1.20. The Balaban J connectivity index is 1.41. The number of esters is 2. The van der Waals surface area contributed by atoms with E-state index >= 15 is 0 Å². The summed E-state index contributed by atoms with van der Waals surface area (Å²) in [7, 11) is 0. The number of thiophene rings is 1. The molecular formula is C24H24N2O7S. The minimum absolute atomic E-state index is 0.212. The van der Waals surface area contributed by atoms with Gasteiger partial charge in [-0.2, -0.15) is 0 Å². The average molecular weight is 485 g/mol. The highest BCUT2D eigenvalue weighted by Crippen LogP contribution is 2.38. The van der Waals surface area contributed by atoms with Crippen LogP contribution in [0.25, 0.3) is 0 Å². The third-order valence-corrected chi connectivity index (χ3v) is 7.01. The molecule has 2 aliphatic rings. The van der Waals surface area contributed by atoms with E-state index in [4.69, 9.17) is 9.47 Å². The second-order valence-corrected chi connectivity index (χ2v) is 9.10. The minimum Gasteiger partial charge on any atom is -0.462 e. The first-order valence-corrected chi connectivity index (χ1v) is 11.9. The van der Waals surface area contributed by atoms with Crippen LogP contribution in [0.5, 0.6) is 0 Å². The molecule has 1 N–H and O–H groups in total. The monoisotopic (exact) mass is 484 g/mol. The van der Waals surface area contributed by atoms with Gasteiger partial charge >= 0.3 is 11.9 Å². The number of hydrogen-bond acceptors (Lipinski definition) is 8. The average Bonchev–Trinajstić information content (AvgIpc) is 3.31. The van der Waals surface area contributed by atoms with Crippen LogP contribution < -0.4 is 5.32 Å². The normalized spacial score (nSPS) is 15.4. The molecule has 0 saturated carbocycles. The number of nitrogens with one attached hydrogen (secondary N) is 1. The fourth-order valence-corrected chi connectivity index (χ4v) is 5.45. The summed E-state index contributed by atoms with van der Waals surface area (Å²) < 4.78 is 10.3. The smallest absolute Gasteiger partial charge is 0.341 e. The van der Waals surface area contributed by atoms with Crippen molar-refractivity contribution in [2.75, 3.05) is 18.5 Å². The summed E-state index contributed by atoms with van der Waals surface area (Å²) in [5, 5.41) is 3.03. The molecule has 0 radical (unpaired) electrons. The van der Waals surface area contributed by atoms with Crippen molar-refractivity contribution in [3.8, 4) is 0 Å². The second-order valence-electron chi connectivity index (χ2n) is 7.99. The van der Waals surface area contributed by atoms with Crippen LogP contribution in [0.15, 0.2) is 24.3 Å². The lowest BCUT2D eigenvalue weighted by atomic mass is 9.95. The Labute approximate surface area is 200 Å². The summed E-state index contributed by atoms with van der Waals surface area (Å²) in [5.74, 6) is -3.18. The van der Waals surface area contributed by atoms with E-state index < -0.39 is 42.3 Å². The van der Waals surface area contributed by atoms with E-state index in [2.05, 4.69) is 5.32 Å². The Morgan fingerprint density at radius 2 is 1.71 bits per heavy atom. The maximum atomic E-state index is 12.6. The number of ether oxygens (including phenoxy) is 2. The van der Waals surface area contributed by atoms with Crippen LogP contribution >= 0.6 is 11.3 Å². The number of rotatable bonds is 7. The van der Waals surface area contributed by atoms with Crippen molar-refractivity contribution >= 4 is 46.0 Å². The SMILES string of the molecule is CCOC(=O)c1c(NC(=O)COC(=O)[C@@H](C)N2C(=O)c3ccccc3C2=O)sc2c1CCCC2. The molecule has 178 valence electrons. The van der Waals surface area contributed by atoms with Crippen LogP contribution in [0.2, 0.25) is 0 Å². The number of imide groups is 1. The number of nitrogens with zero attached hydrogens (tertiary/aromatic N) is 1. The number of aryl methyl sites for hydroxylation is 1. The number of anilines is 1. The fraction of sp³-hybridized carbons (Fsp3) is 0.375. The first-order chi connectivity index (χ1) is 16.3. The van der Waals surface area contributed by atoms with Gasteiger partial charge in [-0.15, -0.1) is 11.3 Å². The predicted octanol–water partition coefficient (Wildman–Crippen LogP) is 2.97. The van der Waals surface area contributed by atoms with Gasteiger partial charge in [-0.25, -0.2) is 9.59 Å².